The molecule has 18 heavy (non-hydrogen) atoms. The summed E-state index contributed by atoms with van der Waals surface area (Å²) in [6, 6.07) is 0. The van der Waals surface area contributed by atoms with Crippen molar-refractivity contribution in [3.63, 3.8) is 0 Å². The Balaban J connectivity index is 2.25. The van der Waals surface area contributed by atoms with E-state index in [0.717, 1.165) is 24.6 Å². The van der Waals surface area contributed by atoms with Crippen LogP contribution >= 0.6 is 23.5 Å². The number of rotatable bonds is 7. The molecule has 1 fully saturated rings. The number of carboxylic acid groups (broad SMARTS) is 1. The molecule has 1 saturated carbocycles. The minimum absolute atomic E-state index is 0.0128. The second-order valence-corrected chi connectivity index (χ2v) is 6.87. The Labute approximate surface area is 117 Å². The van der Waals surface area contributed by atoms with Gasteiger partial charge >= 0.3 is 5.97 Å². The van der Waals surface area contributed by atoms with Crippen molar-refractivity contribution in [2.45, 2.75) is 36.9 Å². The monoisotopic (exact) mass is 291 g/mol. The van der Waals surface area contributed by atoms with E-state index in [1.165, 1.54) is 19.3 Å². The quantitative estimate of drug-likeness (QED) is 0.751. The van der Waals surface area contributed by atoms with Gasteiger partial charge in [-0.15, -0.1) is 11.8 Å². The lowest BCUT2D eigenvalue weighted by molar-refractivity contribution is -0.133. The maximum atomic E-state index is 11.6. The van der Waals surface area contributed by atoms with Gasteiger partial charge in [-0.05, 0) is 19.1 Å². The highest BCUT2D eigenvalue weighted by Crippen LogP contribution is 2.37. The van der Waals surface area contributed by atoms with Crippen molar-refractivity contribution in [2.75, 3.05) is 24.3 Å². The third kappa shape index (κ3) is 5.52. The molecule has 0 aromatic heterocycles. The summed E-state index contributed by atoms with van der Waals surface area (Å²) in [6.45, 7) is 0.709. The van der Waals surface area contributed by atoms with Crippen molar-refractivity contribution in [2.24, 2.45) is 0 Å². The molecule has 0 aromatic rings. The van der Waals surface area contributed by atoms with E-state index < -0.39 is 5.97 Å². The Morgan fingerprint density at radius 3 is 2.44 bits per heavy atom. The van der Waals surface area contributed by atoms with Crippen LogP contribution < -0.4 is 5.32 Å². The largest absolute Gasteiger partial charge is 0.481 e. The van der Waals surface area contributed by atoms with Crippen LogP contribution in [-0.4, -0.2) is 46.0 Å². The molecule has 4 nitrogen and oxygen atoms in total. The van der Waals surface area contributed by atoms with Crippen LogP contribution in [0.2, 0.25) is 0 Å². The minimum Gasteiger partial charge on any atom is -0.481 e. The zero-order valence-corrected chi connectivity index (χ0v) is 12.4. The molecule has 0 bridgehead atoms. The van der Waals surface area contributed by atoms with E-state index in [0.29, 0.717) is 6.54 Å². The van der Waals surface area contributed by atoms with Gasteiger partial charge in [0.15, 0.2) is 0 Å². The maximum Gasteiger partial charge on any atom is 0.313 e. The van der Waals surface area contributed by atoms with E-state index in [2.05, 4.69) is 11.6 Å². The van der Waals surface area contributed by atoms with Gasteiger partial charge in [-0.25, -0.2) is 0 Å². The normalized spacial score (nSPS) is 18.3. The molecule has 1 aliphatic carbocycles. The summed E-state index contributed by atoms with van der Waals surface area (Å²) in [4.78, 5) is 21.9. The van der Waals surface area contributed by atoms with Crippen LogP contribution in [0.1, 0.15) is 32.1 Å². The van der Waals surface area contributed by atoms with Gasteiger partial charge in [0.25, 0.3) is 0 Å². The second kappa shape index (κ2) is 7.94. The van der Waals surface area contributed by atoms with Crippen LogP contribution in [0.4, 0.5) is 0 Å². The number of amides is 1. The molecule has 0 atom stereocenters. The molecule has 0 aliphatic heterocycles. The standard InChI is InChI=1S/C12H21NO3S2/c1-17-12(5-3-2-4-6-12)9-13-10(14)7-18-8-11(15)16/h2-9H2,1H3,(H,13,14)(H,15,16). The average Bonchev–Trinajstić information content (AvgIpc) is 2.37. The Morgan fingerprint density at radius 1 is 1.22 bits per heavy atom. The van der Waals surface area contributed by atoms with Gasteiger partial charge in [0.1, 0.15) is 0 Å². The lowest BCUT2D eigenvalue weighted by Gasteiger charge is -2.35. The Hall–Kier alpha value is -0.360. The third-order valence-electron chi connectivity index (χ3n) is 3.26. The lowest BCUT2D eigenvalue weighted by Crippen LogP contribution is -2.42. The van der Waals surface area contributed by atoms with Crippen molar-refractivity contribution in [3.8, 4) is 0 Å². The molecule has 6 heteroatoms. The topological polar surface area (TPSA) is 66.4 Å². The van der Waals surface area contributed by atoms with Crippen LogP contribution in [0.15, 0.2) is 0 Å². The first kappa shape index (κ1) is 15.7. The van der Waals surface area contributed by atoms with Gasteiger partial charge in [0.05, 0.1) is 11.5 Å². The van der Waals surface area contributed by atoms with Gasteiger partial charge in [-0.2, -0.15) is 11.8 Å². The van der Waals surface area contributed by atoms with Gasteiger partial charge in [-0.1, -0.05) is 19.3 Å². The number of thioether (sulfide) groups is 2. The third-order valence-corrected chi connectivity index (χ3v) is 5.60. The molecule has 0 unspecified atom stereocenters. The van der Waals surface area contributed by atoms with Gasteiger partial charge in [0.2, 0.25) is 5.91 Å². The van der Waals surface area contributed by atoms with Crippen LogP contribution in [0, 0.1) is 0 Å². The fourth-order valence-corrected chi connectivity index (χ4v) is 3.67. The molecular weight excluding hydrogens is 270 g/mol. The van der Waals surface area contributed by atoms with Crippen LogP contribution in [0.5, 0.6) is 0 Å². The number of hydrogen-bond donors (Lipinski definition) is 2. The van der Waals surface area contributed by atoms with Gasteiger partial charge in [-0.3, -0.25) is 9.59 Å². The van der Waals surface area contributed by atoms with E-state index in [-0.39, 0.29) is 22.2 Å². The predicted octanol–water partition coefficient (Wildman–Crippen LogP) is 1.99. The van der Waals surface area contributed by atoms with Crippen LogP contribution in [0.25, 0.3) is 0 Å². The van der Waals surface area contributed by atoms with Crippen molar-refractivity contribution in [1.82, 2.24) is 5.32 Å². The number of aliphatic carboxylic acids is 1. The highest BCUT2D eigenvalue weighted by atomic mass is 32.2. The average molecular weight is 291 g/mol. The molecule has 104 valence electrons. The molecule has 0 spiro atoms. The summed E-state index contributed by atoms with van der Waals surface area (Å²) in [7, 11) is 0. The van der Waals surface area contributed by atoms with Crippen molar-refractivity contribution < 1.29 is 14.7 Å². The van der Waals surface area contributed by atoms with E-state index in [9.17, 15) is 9.59 Å². The zero-order chi connectivity index (χ0) is 13.4. The molecular formula is C12H21NO3S2. The molecule has 0 radical (unpaired) electrons. The van der Waals surface area contributed by atoms with Gasteiger partial charge < -0.3 is 10.4 Å². The van der Waals surface area contributed by atoms with Gasteiger partial charge in [0, 0.05) is 11.3 Å². The maximum absolute atomic E-state index is 11.6. The van der Waals surface area contributed by atoms with Crippen LogP contribution in [-0.2, 0) is 9.59 Å². The zero-order valence-electron chi connectivity index (χ0n) is 10.7. The van der Waals surface area contributed by atoms with Crippen molar-refractivity contribution in [3.05, 3.63) is 0 Å². The summed E-state index contributed by atoms with van der Waals surface area (Å²) in [5.74, 6) is -0.710. The fraction of sp³-hybridized carbons (Fsp3) is 0.833. The summed E-state index contributed by atoms with van der Waals surface area (Å²) in [5, 5.41) is 11.4. The van der Waals surface area contributed by atoms with Crippen LogP contribution in [0.3, 0.4) is 0 Å². The number of carbonyl (C=O) groups excluding carboxylic acids is 1. The molecule has 0 aromatic carbocycles. The smallest absolute Gasteiger partial charge is 0.313 e. The predicted molar refractivity (Wildman–Crippen MR) is 77.3 cm³/mol. The molecule has 1 amide bonds. The first-order valence-electron chi connectivity index (χ1n) is 6.19. The molecule has 1 rings (SSSR count). The fourth-order valence-electron chi connectivity index (χ4n) is 2.19. The van der Waals surface area contributed by atoms with E-state index in [1.54, 1.807) is 0 Å². The van der Waals surface area contributed by atoms with E-state index in [4.69, 9.17) is 5.11 Å². The first-order valence-corrected chi connectivity index (χ1v) is 8.57. The Bertz CT molecular complexity index is 291. The second-order valence-electron chi connectivity index (χ2n) is 4.61. The summed E-state index contributed by atoms with van der Waals surface area (Å²) >= 11 is 2.99. The lowest BCUT2D eigenvalue weighted by atomic mass is 9.88. The van der Waals surface area contributed by atoms with Crippen molar-refractivity contribution in [1.29, 1.82) is 0 Å². The number of hydrogen-bond acceptors (Lipinski definition) is 4. The highest BCUT2D eigenvalue weighted by molar-refractivity contribution is 8.00. The molecule has 0 saturated heterocycles. The molecule has 2 N–H and O–H groups in total. The Kier molecular flexibility index (Phi) is 6.92. The minimum atomic E-state index is -0.874. The highest BCUT2D eigenvalue weighted by Gasteiger charge is 2.31. The van der Waals surface area contributed by atoms with E-state index >= 15 is 0 Å². The first-order chi connectivity index (χ1) is 8.58. The molecule has 0 heterocycles. The number of carboxylic acids is 1. The molecule has 1 aliphatic rings. The Morgan fingerprint density at radius 2 is 1.89 bits per heavy atom. The number of nitrogens with one attached hydrogen (secondary N) is 1. The number of carbonyl (C=O) groups is 2. The summed E-state index contributed by atoms with van der Waals surface area (Å²) in [6.07, 6.45) is 8.21. The van der Waals surface area contributed by atoms with Crippen molar-refractivity contribution >= 4 is 35.4 Å². The SMILES string of the molecule is CSC1(CNC(=O)CSCC(=O)O)CCCCC1. The summed E-state index contributed by atoms with van der Waals surface area (Å²) in [5.41, 5.74) is 0. The summed E-state index contributed by atoms with van der Waals surface area (Å²) < 4.78 is 0.200. The van der Waals surface area contributed by atoms with E-state index in [1.807, 2.05) is 11.8 Å².